The van der Waals surface area contributed by atoms with E-state index < -0.39 is 41.0 Å². The molecule has 1 aliphatic heterocycles. The van der Waals surface area contributed by atoms with Gasteiger partial charge in [-0.1, -0.05) is 38.8 Å². The molecule has 1 saturated heterocycles. The molecule has 0 amide bonds. The zero-order chi connectivity index (χ0) is 22.3. The van der Waals surface area contributed by atoms with Crippen molar-refractivity contribution in [3.8, 4) is 0 Å². The quantitative estimate of drug-likeness (QED) is 0.715. The van der Waals surface area contributed by atoms with Crippen molar-refractivity contribution >= 4 is 11.6 Å². The number of hydrogen-bond donors (Lipinski definition) is 2. The van der Waals surface area contributed by atoms with E-state index in [9.17, 15) is 19.8 Å². The number of aliphatic hydroxyl groups is 2. The third-order valence-corrected chi connectivity index (χ3v) is 9.50. The molecule has 3 saturated carbocycles. The summed E-state index contributed by atoms with van der Waals surface area (Å²) in [4.78, 5) is 25.1. The number of carbonyl (C=O) groups excluding carboxylic acids is 2. The molecule has 31 heavy (non-hydrogen) atoms. The first-order chi connectivity index (χ1) is 14.6. The fourth-order valence-corrected chi connectivity index (χ4v) is 8.11. The molecule has 1 heterocycles. The number of ether oxygens (including phenoxy) is 2. The smallest absolute Gasteiger partial charge is 0.178 e. The topological polar surface area (TPSA) is 93.1 Å². The summed E-state index contributed by atoms with van der Waals surface area (Å²) in [6.45, 7) is 7.57. The first-order valence-corrected chi connectivity index (χ1v) is 11.8. The van der Waals surface area contributed by atoms with Gasteiger partial charge in [0, 0.05) is 16.7 Å². The molecule has 2 unspecified atom stereocenters. The molecule has 5 rings (SSSR count). The summed E-state index contributed by atoms with van der Waals surface area (Å²) in [7, 11) is 0. The Morgan fingerprint density at radius 2 is 2.03 bits per heavy atom. The van der Waals surface area contributed by atoms with Crippen molar-refractivity contribution in [2.75, 3.05) is 0 Å². The van der Waals surface area contributed by atoms with Gasteiger partial charge in [0.1, 0.15) is 0 Å². The number of fused-ring (bicyclic) bond motifs is 7. The monoisotopic (exact) mass is 430 g/mol. The highest BCUT2D eigenvalue weighted by molar-refractivity contribution is 6.01. The van der Waals surface area contributed by atoms with Crippen LogP contribution in [-0.2, 0) is 19.1 Å². The maximum Gasteiger partial charge on any atom is 0.178 e. The van der Waals surface area contributed by atoms with Crippen LogP contribution in [0.25, 0.3) is 0 Å². The number of Topliss-reactive ketones (excluding diaryl/α,β-unsaturated/α-hetero) is 1. The number of hydrogen-bond acceptors (Lipinski definition) is 6. The Morgan fingerprint density at radius 1 is 1.29 bits per heavy atom. The SMILES string of the molecule is CCCC1O[C@H]2C[C@H]3[C@@H]4CCC5=CC(=O)C=C[C@]5(C)[C@H]4[C@@H](O)C(O)[C@]3(C)[C@]2(C(C)=O)O1. The van der Waals surface area contributed by atoms with Crippen molar-refractivity contribution in [1.82, 2.24) is 0 Å². The zero-order valence-corrected chi connectivity index (χ0v) is 18.8. The van der Waals surface area contributed by atoms with Gasteiger partial charge in [-0.2, -0.15) is 0 Å². The van der Waals surface area contributed by atoms with Crippen LogP contribution in [0.3, 0.4) is 0 Å². The van der Waals surface area contributed by atoms with Gasteiger partial charge in [0.15, 0.2) is 23.5 Å². The van der Waals surface area contributed by atoms with Crippen LogP contribution in [-0.4, -0.2) is 52.0 Å². The molecule has 170 valence electrons. The van der Waals surface area contributed by atoms with Crippen LogP contribution < -0.4 is 0 Å². The molecule has 4 aliphatic carbocycles. The first kappa shape index (κ1) is 21.5. The van der Waals surface area contributed by atoms with E-state index in [1.54, 1.807) is 12.2 Å². The summed E-state index contributed by atoms with van der Waals surface area (Å²) in [5.74, 6) is -0.286. The first-order valence-electron chi connectivity index (χ1n) is 11.8. The van der Waals surface area contributed by atoms with Gasteiger partial charge in [-0.25, -0.2) is 0 Å². The van der Waals surface area contributed by atoms with Gasteiger partial charge in [0.05, 0.1) is 18.3 Å². The number of carbonyl (C=O) groups is 2. The van der Waals surface area contributed by atoms with Crippen LogP contribution in [0.4, 0.5) is 0 Å². The lowest BCUT2D eigenvalue weighted by Crippen LogP contribution is -2.69. The molecule has 0 bridgehead atoms. The lowest BCUT2D eigenvalue weighted by atomic mass is 9.45. The summed E-state index contributed by atoms with van der Waals surface area (Å²) in [6.07, 6.45) is 5.99. The minimum atomic E-state index is -1.24. The molecule has 6 heteroatoms. The number of rotatable bonds is 3. The second-order valence-electron chi connectivity index (χ2n) is 10.7. The molecule has 0 radical (unpaired) electrons. The molecule has 0 aromatic rings. The second-order valence-corrected chi connectivity index (χ2v) is 10.7. The Kier molecular flexibility index (Phi) is 4.74. The van der Waals surface area contributed by atoms with Gasteiger partial charge in [-0.3, -0.25) is 9.59 Å². The van der Waals surface area contributed by atoms with Gasteiger partial charge in [0.25, 0.3) is 0 Å². The average Bonchev–Trinajstić information content (AvgIpc) is 3.20. The van der Waals surface area contributed by atoms with Crippen LogP contribution in [0.2, 0.25) is 0 Å². The maximum absolute atomic E-state index is 13.1. The van der Waals surface area contributed by atoms with Crippen molar-refractivity contribution in [2.45, 2.75) is 90.0 Å². The Labute approximate surface area is 183 Å². The Hall–Kier alpha value is -1.34. The van der Waals surface area contributed by atoms with Gasteiger partial charge >= 0.3 is 0 Å². The summed E-state index contributed by atoms with van der Waals surface area (Å²) in [5, 5.41) is 23.2. The van der Waals surface area contributed by atoms with Gasteiger partial charge in [-0.05, 0) is 56.6 Å². The normalized spacial score (nSPS) is 52.8. The highest BCUT2D eigenvalue weighted by Gasteiger charge is 2.78. The van der Waals surface area contributed by atoms with E-state index >= 15 is 0 Å². The third kappa shape index (κ3) is 2.48. The van der Waals surface area contributed by atoms with E-state index in [4.69, 9.17) is 9.47 Å². The van der Waals surface area contributed by atoms with Crippen molar-refractivity contribution in [3.05, 3.63) is 23.8 Å². The van der Waals surface area contributed by atoms with E-state index in [1.165, 1.54) is 6.92 Å². The molecule has 5 aliphatic rings. The van der Waals surface area contributed by atoms with Gasteiger partial charge in [0.2, 0.25) is 0 Å². The Balaban J connectivity index is 1.59. The average molecular weight is 431 g/mol. The van der Waals surface area contributed by atoms with Crippen LogP contribution in [0.1, 0.15) is 59.8 Å². The summed E-state index contributed by atoms with van der Waals surface area (Å²) in [6, 6.07) is 0. The number of allylic oxidation sites excluding steroid dienone is 4. The van der Waals surface area contributed by atoms with E-state index in [2.05, 4.69) is 6.92 Å². The molecule has 0 aromatic heterocycles. The fraction of sp³-hybridized carbons (Fsp3) is 0.760. The molecule has 10 atom stereocenters. The highest BCUT2D eigenvalue weighted by Crippen LogP contribution is 2.69. The van der Waals surface area contributed by atoms with E-state index in [0.717, 1.165) is 24.8 Å². The number of aliphatic hydroxyl groups excluding tert-OH is 2. The Bertz CT molecular complexity index is 877. The third-order valence-electron chi connectivity index (χ3n) is 9.50. The predicted molar refractivity (Wildman–Crippen MR) is 113 cm³/mol. The number of ketones is 2. The van der Waals surface area contributed by atoms with Gasteiger partial charge < -0.3 is 19.7 Å². The molecular weight excluding hydrogens is 396 g/mol. The zero-order valence-electron chi connectivity index (χ0n) is 18.8. The van der Waals surface area contributed by atoms with Crippen molar-refractivity contribution in [1.29, 1.82) is 0 Å². The fourth-order valence-electron chi connectivity index (χ4n) is 8.11. The second kappa shape index (κ2) is 6.83. The lowest BCUT2D eigenvalue weighted by Gasteiger charge is -2.61. The molecule has 0 spiro atoms. The predicted octanol–water partition coefficient (Wildman–Crippen LogP) is 2.72. The van der Waals surface area contributed by atoms with E-state index in [0.29, 0.717) is 12.8 Å². The largest absolute Gasteiger partial charge is 0.390 e. The van der Waals surface area contributed by atoms with Crippen molar-refractivity contribution in [2.24, 2.45) is 28.6 Å². The molecule has 0 aromatic carbocycles. The van der Waals surface area contributed by atoms with Crippen LogP contribution in [0, 0.1) is 28.6 Å². The summed E-state index contributed by atoms with van der Waals surface area (Å²) in [5.41, 5.74) is -1.62. The molecule has 2 N–H and O–H groups in total. The van der Waals surface area contributed by atoms with E-state index in [-0.39, 0.29) is 29.3 Å². The minimum absolute atomic E-state index is 0.0169. The van der Waals surface area contributed by atoms with Crippen molar-refractivity contribution in [3.63, 3.8) is 0 Å². The standard InChI is InChI=1S/C25H34O6/c1-5-6-19-30-18-12-17-16-8-7-14-11-15(27)9-10-23(14,3)20(16)21(28)22(29)24(17,4)25(18,31-19)13(2)26/h9-11,16-22,28-29H,5-8,12H2,1-4H3/t16-,17-,18-,19?,20+,21+,22?,23-,24+,25+/m0/s1. The van der Waals surface area contributed by atoms with Crippen LogP contribution in [0.5, 0.6) is 0 Å². The van der Waals surface area contributed by atoms with E-state index in [1.807, 2.05) is 19.9 Å². The van der Waals surface area contributed by atoms with Crippen LogP contribution in [0.15, 0.2) is 23.8 Å². The lowest BCUT2D eigenvalue weighted by molar-refractivity contribution is -0.242. The minimum Gasteiger partial charge on any atom is -0.390 e. The maximum atomic E-state index is 13.1. The molecular formula is C25H34O6. The summed E-state index contributed by atoms with van der Waals surface area (Å²) >= 11 is 0. The Morgan fingerprint density at radius 3 is 2.71 bits per heavy atom. The van der Waals surface area contributed by atoms with Crippen LogP contribution >= 0.6 is 0 Å². The molecule has 6 nitrogen and oxygen atoms in total. The highest BCUT2D eigenvalue weighted by atomic mass is 16.7. The summed E-state index contributed by atoms with van der Waals surface area (Å²) < 4.78 is 12.6. The van der Waals surface area contributed by atoms with Gasteiger partial charge in [-0.15, -0.1) is 0 Å². The van der Waals surface area contributed by atoms with Crippen molar-refractivity contribution < 1.29 is 29.3 Å². The molecule has 4 fully saturated rings.